The zero-order valence-corrected chi connectivity index (χ0v) is 4.85. The Morgan fingerprint density at radius 3 is 2.57 bits per heavy atom. The van der Waals surface area contributed by atoms with Crippen molar-refractivity contribution in [2.75, 3.05) is 6.54 Å². The summed E-state index contributed by atoms with van der Waals surface area (Å²) in [5.41, 5.74) is 0. The summed E-state index contributed by atoms with van der Waals surface area (Å²) in [5, 5.41) is 4.33. The quantitative estimate of drug-likeness (QED) is 0.431. The molecule has 0 aromatic heterocycles. The van der Waals surface area contributed by atoms with Crippen LogP contribution in [0.2, 0.25) is 0 Å². The van der Waals surface area contributed by atoms with Gasteiger partial charge in [0.2, 0.25) is 0 Å². The van der Waals surface area contributed by atoms with E-state index in [-0.39, 0.29) is 0 Å². The maximum absolute atomic E-state index is 4.33. The minimum atomic E-state index is 0.661. The summed E-state index contributed by atoms with van der Waals surface area (Å²) in [6.07, 6.45) is 4.04. The van der Waals surface area contributed by atoms with Gasteiger partial charge in [0.25, 0.3) is 0 Å². The van der Waals surface area contributed by atoms with Crippen LogP contribution in [-0.2, 0) is 0 Å². The number of nitrogens with zero attached hydrogens (tertiary/aromatic N) is 1. The molecule has 0 unspecified atom stereocenters. The Kier molecular flexibility index (Phi) is 1.69. The fourth-order valence-corrected chi connectivity index (χ4v) is 0.955. The van der Waals surface area contributed by atoms with Crippen LogP contribution in [-0.4, -0.2) is 12.6 Å². The standard InChI is InChI=1S/C6H12N/c1-6-4-2-3-5-7-6/h6H,2-5H2,1H3/t6-/m1/s1. The molecule has 0 spiro atoms. The van der Waals surface area contributed by atoms with Crippen LogP contribution in [0.25, 0.3) is 0 Å². The van der Waals surface area contributed by atoms with Crippen molar-refractivity contribution in [1.82, 2.24) is 5.32 Å². The van der Waals surface area contributed by atoms with E-state index in [1.54, 1.807) is 0 Å². The molecule has 1 radical (unpaired) electrons. The summed E-state index contributed by atoms with van der Waals surface area (Å²) in [6.45, 7) is 3.31. The number of piperidine rings is 1. The molecule has 0 aliphatic carbocycles. The maximum Gasteiger partial charge on any atom is 0.0217 e. The fourth-order valence-electron chi connectivity index (χ4n) is 0.955. The fraction of sp³-hybridized carbons (Fsp3) is 1.00. The topological polar surface area (TPSA) is 14.1 Å². The van der Waals surface area contributed by atoms with Crippen LogP contribution in [0.3, 0.4) is 0 Å². The molecule has 1 saturated heterocycles. The van der Waals surface area contributed by atoms with Gasteiger partial charge in [0.1, 0.15) is 0 Å². The lowest BCUT2D eigenvalue weighted by Gasteiger charge is -2.15. The lowest BCUT2D eigenvalue weighted by Crippen LogP contribution is -2.23. The zero-order valence-electron chi connectivity index (χ0n) is 4.85. The lowest BCUT2D eigenvalue weighted by atomic mass is 10.1. The molecule has 1 heterocycles. The highest BCUT2D eigenvalue weighted by molar-refractivity contribution is 4.65. The Hall–Kier alpha value is -0.0400. The normalized spacial score (nSPS) is 33.0. The molecule has 0 aromatic rings. The third-order valence-corrected chi connectivity index (χ3v) is 1.47. The Bertz CT molecular complexity index is 46.1. The molecule has 1 aliphatic rings. The molecule has 0 bridgehead atoms. The molecular weight excluding hydrogens is 86.1 g/mol. The van der Waals surface area contributed by atoms with Gasteiger partial charge >= 0.3 is 0 Å². The average Bonchev–Trinajstić information content (AvgIpc) is 1.69. The van der Waals surface area contributed by atoms with Crippen molar-refractivity contribution in [2.45, 2.75) is 32.2 Å². The van der Waals surface area contributed by atoms with E-state index in [1.807, 2.05) is 0 Å². The number of rotatable bonds is 0. The molecule has 0 N–H and O–H groups in total. The Morgan fingerprint density at radius 2 is 2.29 bits per heavy atom. The molecule has 1 fully saturated rings. The zero-order chi connectivity index (χ0) is 5.11. The van der Waals surface area contributed by atoms with E-state index in [1.165, 1.54) is 19.3 Å². The van der Waals surface area contributed by atoms with Crippen LogP contribution in [0, 0.1) is 0 Å². The summed E-state index contributed by atoms with van der Waals surface area (Å²) in [7, 11) is 0. The van der Waals surface area contributed by atoms with E-state index < -0.39 is 0 Å². The monoisotopic (exact) mass is 98.1 g/mol. The molecule has 1 atom stereocenters. The number of hydrogen-bond acceptors (Lipinski definition) is 0. The Labute approximate surface area is 45.1 Å². The van der Waals surface area contributed by atoms with E-state index >= 15 is 0 Å². The second-order valence-corrected chi connectivity index (χ2v) is 2.25. The highest BCUT2D eigenvalue weighted by Gasteiger charge is 2.06. The van der Waals surface area contributed by atoms with Gasteiger partial charge in [-0.2, -0.15) is 0 Å². The van der Waals surface area contributed by atoms with Gasteiger partial charge in [0, 0.05) is 12.6 Å². The lowest BCUT2D eigenvalue weighted by molar-refractivity contribution is 0.416. The van der Waals surface area contributed by atoms with E-state index in [0.29, 0.717) is 6.04 Å². The van der Waals surface area contributed by atoms with Gasteiger partial charge in [0.15, 0.2) is 0 Å². The largest absolute Gasteiger partial charge is 0.239 e. The first-order valence-corrected chi connectivity index (χ1v) is 3.06. The van der Waals surface area contributed by atoms with Gasteiger partial charge in [-0.05, 0) is 19.8 Å². The van der Waals surface area contributed by atoms with Crippen molar-refractivity contribution in [1.29, 1.82) is 0 Å². The SMILES string of the molecule is C[C@@H]1CCCC[N]1. The van der Waals surface area contributed by atoms with Crippen molar-refractivity contribution < 1.29 is 0 Å². The first kappa shape index (κ1) is 5.10. The predicted molar refractivity (Wildman–Crippen MR) is 30.3 cm³/mol. The third-order valence-electron chi connectivity index (χ3n) is 1.47. The minimum absolute atomic E-state index is 0.661. The Morgan fingerprint density at radius 1 is 1.43 bits per heavy atom. The van der Waals surface area contributed by atoms with Gasteiger partial charge in [-0.1, -0.05) is 6.42 Å². The summed E-state index contributed by atoms with van der Waals surface area (Å²) < 4.78 is 0. The maximum atomic E-state index is 4.33. The average molecular weight is 98.2 g/mol. The molecule has 1 aliphatic heterocycles. The third kappa shape index (κ3) is 1.48. The molecular formula is C6H12N. The van der Waals surface area contributed by atoms with E-state index in [2.05, 4.69) is 12.2 Å². The molecule has 1 nitrogen and oxygen atoms in total. The number of hydrogen-bond donors (Lipinski definition) is 0. The molecule has 0 saturated carbocycles. The highest BCUT2D eigenvalue weighted by atomic mass is 14.9. The van der Waals surface area contributed by atoms with Crippen LogP contribution in [0.4, 0.5) is 0 Å². The van der Waals surface area contributed by atoms with Crippen molar-refractivity contribution >= 4 is 0 Å². The molecule has 1 heteroatoms. The van der Waals surface area contributed by atoms with Crippen molar-refractivity contribution in [3.8, 4) is 0 Å². The first-order chi connectivity index (χ1) is 3.39. The van der Waals surface area contributed by atoms with Crippen LogP contribution in [0.1, 0.15) is 26.2 Å². The van der Waals surface area contributed by atoms with Crippen LogP contribution >= 0.6 is 0 Å². The molecule has 7 heavy (non-hydrogen) atoms. The van der Waals surface area contributed by atoms with Crippen LogP contribution in [0.15, 0.2) is 0 Å². The van der Waals surface area contributed by atoms with Crippen molar-refractivity contribution in [3.05, 3.63) is 0 Å². The minimum Gasteiger partial charge on any atom is -0.239 e. The van der Waals surface area contributed by atoms with Gasteiger partial charge in [0.05, 0.1) is 0 Å². The predicted octanol–water partition coefficient (Wildman–Crippen LogP) is 1.16. The van der Waals surface area contributed by atoms with E-state index in [4.69, 9.17) is 0 Å². The van der Waals surface area contributed by atoms with Gasteiger partial charge in [-0.25, -0.2) is 5.32 Å². The van der Waals surface area contributed by atoms with Gasteiger partial charge < -0.3 is 0 Å². The highest BCUT2D eigenvalue weighted by Crippen LogP contribution is 2.06. The molecule has 41 valence electrons. The summed E-state index contributed by atoms with van der Waals surface area (Å²) >= 11 is 0. The van der Waals surface area contributed by atoms with Gasteiger partial charge in [-0.3, -0.25) is 0 Å². The summed E-state index contributed by atoms with van der Waals surface area (Å²) in [6, 6.07) is 0.661. The smallest absolute Gasteiger partial charge is 0.0217 e. The van der Waals surface area contributed by atoms with Gasteiger partial charge in [-0.15, -0.1) is 0 Å². The first-order valence-electron chi connectivity index (χ1n) is 3.06. The summed E-state index contributed by atoms with van der Waals surface area (Å²) in [4.78, 5) is 0. The van der Waals surface area contributed by atoms with E-state index in [0.717, 1.165) is 6.54 Å². The van der Waals surface area contributed by atoms with E-state index in [9.17, 15) is 0 Å². The summed E-state index contributed by atoms with van der Waals surface area (Å²) in [5.74, 6) is 0. The molecule has 0 amide bonds. The second kappa shape index (κ2) is 2.31. The van der Waals surface area contributed by atoms with Crippen molar-refractivity contribution in [3.63, 3.8) is 0 Å². The van der Waals surface area contributed by atoms with Crippen LogP contribution in [0.5, 0.6) is 0 Å². The second-order valence-electron chi connectivity index (χ2n) is 2.25. The molecule has 0 aromatic carbocycles. The van der Waals surface area contributed by atoms with Crippen LogP contribution < -0.4 is 5.32 Å². The molecule has 1 rings (SSSR count). The Balaban J connectivity index is 2.12. The van der Waals surface area contributed by atoms with Crippen molar-refractivity contribution in [2.24, 2.45) is 0 Å².